The molecular weight excluding hydrogens is 257 g/mol. The van der Waals surface area contributed by atoms with Crippen molar-refractivity contribution in [1.82, 2.24) is 9.97 Å². The molecule has 1 N–H and O–H groups in total. The molecule has 0 spiro atoms. The smallest absolute Gasteiger partial charge is 0.224 e. The van der Waals surface area contributed by atoms with E-state index in [1.807, 2.05) is 37.3 Å². The summed E-state index contributed by atoms with van der Waals surface area (Å²) in [4.78, 5) is 7.85. The van der Waals surface area contributed by atoms with Gasteiger partial charge in [-0.2, -0.15) is 4.98 Å². The van der Waals surface area contributed by atoms with Crippen LogP contribution in [0, 0.1) is 0 Å². The molecule has 2 rings (SSSR count). The first kappa shape index (κ1) is 12.1. The maximum Gasteiger partial charge on any atom is 0.224 e. The molecule has 0 bridgehead atoms. The van der Waals surface area contributed by atoms with E-state index in [-0.39, 0.29) is 11.3 Å². The number of nitrogens with zero attached hydrogens (tertiary/aromatic N) is 2. The van der Waals surface area contributed by atoms with Crippen LogP contribution in [0.5, 0.6) is 0 Å². The Hall–Kier alpha value is -1.32. The Labute approximate surface area is 110 Å². The predicted octanol–water partition coefficient (Wildman–Crippen LogP) is 3.96. The fraction of sp³-hybridized carbons (Fsp3) is 0.167. The highest BCUT2D eigenvalue weighted by molar-refractivity contribution is 6.33. The van der Waals surface area contributed by atoms with Crippen LogP contribution in [0.25, 0.3) is 0 Å². The number of hydrogen-bond acceptors (Lipinski definition) is 3. The molecule has 1 atom stereocenters. The van der Waals surface area contributed by atoms with Gasteiger partial charge in [0.05, 0.1) is 6.20 Å². The largest absolute Gasteiger partial charge is 0.362 e. The van der Waals surface area contributed by atoms with E-state index in [1.54, 1.807) is 0 Å². The summed E-state index contributed by atoms with van der Waals surface area (Å²) in [6, 6.07) is 10.1. The minimum absolute atomic E-state index is 0.0969. The van der Waals surface area contributed by atoms with E-state index >= 15 is 0 Å². The molecule has 0 saturated heterocycles. The second-order valence-electron chi connectivity index (χ2n) is 3.61. The number of rotatable bonds is 3. The fourth-order valence-corrected chi connectivity index (χ4v) is 1.76. The first-order chi connectivity index (χ1) is 8.16. The quantitative estimate of drug-likeness (QED) is 0.856. The van der Waals surface area contributed by atoms with E-state index in [2.05, 4.69) is 15.3 Å². The van der Waals surface area contributed by atoms with E-state index in [9.17, 15) is 0 Å². The zero-order chi connectivity index (χ0) is 12.3. The molecule has 0 aliphatic carbocycles. The van der Waals surface area contributed by atoms with Crippen LogP contribution in [0.15, 0.2) is 36.5 Å². The molecule has 1 aromatic heterocycles. The van der Waals surface area contributed by atoms with E-state index in [1.165, 1.54) is 6.20 Å². The number of halogens is 2. The first-order valence-electron chi connectivity index (χ1n) is 5.16. The lowest BCUT2D eigenvalue weighted by molar-refractivity contribution is 0.872. The van der Waals surface area contributed by atoms with Crippen LogP contribution >= 0.6 is 23.2 Å². The van der Waals surface area contributed by atoms with Crippen molar-refractivity contribution in [2.45, 2.75) is 13.0 Å². The molecule has 88 valence electrons. The van der Waals surface area contributed by atoms with E-state index < -0.39 is 0 Å². The highest BCUT2D eigenvalue weighted by atomic mass is 35.5. The first-order valence-corrected chi connectivity index (χ1v) is 5.92. The van der Waals surface area contributed by atoms with Crippen molar-refractivity contribution in [3.8, 4) is 0 Å². The second-order valence-corrected chi connectivity index (χ2v) is 4.36. The Morgan fingerprint density at radius 2 is 1.88 bits per heavy atom. The van der Waals surface area contributed by atoms with Crippen molar-refractivity contribution in [2.24, 2.45) is 0 Å². The molecule has 5 heteroatoms. The molecule has 1 aromatic carbocycles. The predicted molar refractivity (Wildman–Crippen MR) is 70.5 cm³/mol. The molecule has 1 heterocycles. The van der Waals surface area contributed by atoms with E-state index in [4.69, 9.17) is 23.2 Å². The zero-order valence-electron chi connectivity index (χ0n) is 9.19. The monoisotopic (exact) mass is 267 g/mol. The van der Waals surface area contributed by atoms with Gasteiger partial charge in [-0.3, -0.25) is 0 Å². The molecule has 1 unspecified atom stereocenters. The number of hydrogen-bond donors (Lipinski definition) is 1. The van der Waals surface area contributed by atoms with Gasteiger partial charge >= 0.3 is 0 Å². The summed E-state index contributed by atoms with van der Waals surface area (Å²) >= 11 is 11.7. The lowest BCUT2D eigenvalue weighted by Crippen LogP contribution is -2.08. The average Bonchev–Trinajstić information content (AvgIpc) is 2.35. The van der Waals surface area contributed by atoms with Crippen LogP contribution < -0.4 is 5.32 Å². The standard InChI is InChI=1S/C12H11Cl2N3/c1-8(9-5-3-2-4-6-9)16-11-10(13)7-15-12(14)17-11/h2-8H,1H3,(H,15,16,17). The van der Waals surface area contributed by atoms with Gasteiger partial charge in [0.1, 0.15) is 10.8 Å². The van der Waals surface area contributed by atoms with Crippen LogP contribution in [0.3, 0.4) is 0 Å². The van der Waals surface area contributed by atoms with Crippen molar-refractivity contribution >= 4 is 29.0 Å². The SMILES string of the molecule is CC(Nc1nc(Cl)ncc1Cl)c1ccccc1. The van der Waals surface area contributed by atoms with Crippen LogP contribution in [0.2, 0.25) is 10.3 Å². The van der Waals surface area contributed by atoms with Gasteiger partial charge in [0.15, 0.2) is 0 Å². The van der Waals surface area contributed by atoms with Gasteiger partial charge in [-0.25, -0.2) is 4.98 Å². The molecule has 0 aliphatic heterocycles. The Bertz CT molecular complexity index is 502. The minimum Gasteiger partial charge on any atom is -0.362 e. The zero-order valence-corrected chi connectivity index (χ0v) is 10.7. The third-order valence-electron chi connectivity index (χ3n) is 2.37. The van der Waals surface area contributed by atoms with E-state index in [0.717, 1.165) is 5.56 Å². The second kappa shape index (κ2) is 5.34. The lowest BCUT2D eigenvalue weighted by Gasteiger charge is -2.15. The summed E-state index contributed by atoms with van der Waals surface area (Å²) in [5.74, 6) is 0.544. The highest BCUT2D eigenvalue weighted by Crippen LogP contribution is 2.24. The average molecular weight is 268 g/mol. The number of anilines is 1. The van der Waals surface area contributed by atoms with Gasteiger partial charge in [0.25, 0.3) is 0 Å². The summed E-state index contributed by atoms with van der Waals surface area (Å²) < 4.78 is 0. The molecule has 0 amide bonds. The summed E-state index contributed by atoms with van der Waals surface area (Å²) in [5, 5.41) is 3.83. The van der Waals surface area contributed by atoms with Crippen molar-refractivity contribution in [2.75, 3.05) is 5.32 Å². The molecule has 2 aromatic rings. The third-order valence-corrected chi connectivity index (χ3v) is 2.83. The fourth-order valence-electron chi connectivity index (χ4n) is 1.48. The Morgan fingerprint density at radius 3 is 2.59 bits per heavy atom. The van der Waals surface area contributed by atoms with Gasteiger partial charge in [-0.15, -0.1) is 0 Å². The molecule has 0 radical (unpaired) electrons. The summed E-state index contributed by atoms with van der Waals surface area (Å²) in [6.07, 6.45) is 1.48. The van der Waals surface area contributed by atoms with Crippen molar-refractivity contribution in [1.29, 1.82) is 0 Å². The normalized spacial score (nSPS) is 12.2. The minimum atomic E-state index is 0.0969. The van der Waals surface area contributed by atoms with Crippen LogP contribution in [0.1, 0.15) is 18.5 Å². The highest BCUT2D eigenvalue weighted by Gasteiger charge is 2.09. The lowest BCUT2D eigenvalue weighted by atomic mass is 10.1. The van der Waals surface area contributed by atoms with E-state index in [0.29, 0.717) is 10.8 Å². The Balaban J connectivity index is 2.18. The summed E-state index contributed by atoms with van der Waals surface area (Å²) in [5.41, 5.74) is 1.15. The topological polar surface area (TPSA) is 37.8 Å². The van der Waals surface area contributed by atoms with Crippen molar-refractivity contribution in [3.05, 3.63) is 52.4 Å². The number of nitrogens with one attached hydrogen (secondary N) is 1. The number of benzene rings is 1. The Morgan fingerprint density at radius 1 is 1.18 bits per heavy atom. The van der Waals surface area contributed by atoms with Crippen LogP contribution in [-0.4, -0.2) is 9.97 Å². The van der Waals surface area contributed by atoms with Crippen LogP contribution in [0.4, 0.5) is 5.82 Å². The molecule has 0 fully saturated rings. The summed E-state index contributed by atoms with van der Waals surface area (Å²) in [7, 11) is 0. The summed E-state index contributed by atoms with van der Waals surface area (Å²) in [6.45, 7) is 2.03. The van der Waals surface area contributed by atoms with Gasteiger partial charge in [0.2, 0.25) is 5.28 Å². The van der Waals surface area contributed by atoms with Gasteiger partial charge in [0, 0.05) is 6.04 Å². The molecule has 3 nitrogen and oxygen atoms in total. The molecule has 17 heavy (non-hydrogen) atoms. The van der Waals surface area contributed by atoms with Crippen molar-refractivity contribution in [3.63, 3.8) is 0 Å². The molecule has 0 aliphatic rings. The molecular formula is C12H11Cl2N3. The van der Waals surface area contributed by atoms with Gasteiger partial charge in [-0.05, 0) is 24.1 Å². The third kappa shape index (κ3) is 3.08. The van der Waals surface area contributed by atoms with Gasteiger partial charge in [-0.1, -0.05) is 41.9 Å². The molecule has 0 saturated carbocycles. The maximum atomic E-state index is 5.98. The Kier molecular flexibility index (Phi) is 3.82. The number of aromatic nitrogens is 2. The van der Waals surface area contributed by atoms with Crippen molar-refractivity contribution < 1.29 is 0 Å². The van der Waals surface area contributed by atoms with Crippen LogP contribution in [-0.2, 0) is 0 Å². The maximum absolute atomic E-state index is 5.98. The van der Waals surface area contributed by atoms with Gasteiger partial charge < -0.3 is 5.32 Å².